The lowest BCUT2D eigenvalue weighted by Crippen LogP contribution is -2.22. The van der Waals surface area contributed by atoms with Crippen molar-refractivity contribution in [1.82, 2.24) is 4.98 Å². The van der Waals surface area contributed by atoms with Gasteiger partial charge in [0.05, 0.1) is 25.5 Å². The van der Waals surface area contributed by atoms with Crippen molar-refractivity contribution in [3.63, 3.8) is 0 Å². The summed E-state index contributed by atoms with van der Waals surface area (Å²) in [6.07, 6.45) is 2.69. The van der Waals surface area contributed by atoms with Gasteiger partial charge in [0.25, 0.3) is 0 Å². The molecule has 1 aromatic heterocycles. The van der Waals surface area contributed by atoms with E-state index in [-0.39, 0.29) is 0 Å². The van der Waals surface area contributed by atoms with Crippen molar-refractivity contribution in [3.05, 3.63) is 53.9 Å². The smallest absolute Gasteiger partial charge is 0.193 e. The van der Waals surface area contributed by atoms with E-state index in [2.05, 4.69) is 34.3 Å². The molecule has 2 aromatic rings. The van der Waals surface area contributed by atoms with E-state index < -0.39 is 0 Å². The maximum Gasteiger partial charge on any atom is 0.193 e. The highest BCUT2D eigenvalue weighted by molar-refractivity contribution is 5.92. The zero-order valence-electron chi connectivity index (χ0n) is 12.3. The average Bonchev–Trinajstić information content (AvgIpc) is 2.54. The first kappa shape index (κ1) is 14.8. The standard InChI is InChI=1S/C16H20N4O/c1-3-12-4-6-13(7-5-12)20-16(17)19-10-14-8-9-15(21-2)11-18-14/h4-9,11H,3,10H2,1-2H3,(H3,17,19,20). The number of aryl methyl sites for hydroxylation is 1. The van der Waals surface area contributed by atoms with Crippen LogP contribution in [0.2, 0.25) is 0 Å². The summed E-state index contributed by atoms with van der Waals surface area (Å²) in [6.45, 7) is 2.55. The third-order valence-electron chi connectivity index (χ3n) is 3.08. The van der Waals surface area contributed by atoms with Crippen LogP contribution in [0.1, 0.15) is 18.2 Å². The Kier molecular flexibility index (Phi) is 5.15. The minimum absolute atomic E-state index is 0.372. The van der Waals surface area contributed by atoms with Gasteiger partial charge in [-0.1, -0.05) is 19.1 Å². The van der Waals surface area contributed by atoms with Crippen LogP contribution in [0.3, 0.4) is 0 Å². The topological polar surface area (TPSA) is 72.5 Å². The highest BCUT2D eigenvalue weighted by Crippen LogP contribution is 2.10. The third-order valence-corrected chi connectivity index (χ3v) is 3.08. The number of aromatic nitrogens is 1. The molecule has 0 unspecified atom stereocenters. The molecule has 0 spiro atoms. The number of hydrogen-bond acceptors (Lipinski definition) is 3. The second kappa shape index (κ2) is 7.28. The number of guanidine groups is 1. The summed E-state index contributed by atoms with van der Waals surface area (Å²) in [7, 11) is 1.61. The Hall–Kier alpha value is -2.56. The highest BCUT2D eigenvalue weighted by Gasteiger charge is 1.98. The van der Waals surface area contributed by atoms with Crippen LogP contribution in [-0.2, 0) is 13.0 Å². The molecule has 0 atom stereocenters. The fourth-order valence-electron chi connectivity index (χ4n) is 1.80. The zero-order valence-corrected chi connectivity index (χ0v) is 12.3. The Balaban J connectivity index is 1.93. The van der Waals surface area contributed by atoms with E-state index in [1.165, 1.54) is 5.56 Å². The zero-order chi connectivity index (χ0) is 15.1. The largest absolute Gasteiger partial charge is 0.495 e. The normalized spacial score (nSPS) is 11.2. The molecule has 0 saturated carbocycles. The number of anilines is 1. The van der Waals surface area contributed by atoms with Gasteiger partial charge in [-0.2, -0.15) is 0 Å². The molecular weight excluding hydrogens is 264 g/mol. The van der Waals surface area contributed by atoms with E-state index in [1.54, 1.807) is 13.3 Å². The average molecular weight is 284 g/mol. The quantitative estimate of drug-likeness (QED) is 0.654. The maximum atomic E-state index is 5.87. The molecule has 110 valence electrons. The van der Waals surface area contributed by atoms with Gasteiger partial charge in [-0.15, -0.1) is 0 Å². The Labute approximate surface area is 124 Å². The minimum atomic E-state index is 0.372. The molecule has 21 heavy (non-hydrogen) atoms. The summed E-state index contributed by atoms with van der Waals surface area (Å²) >= 11 is 0. The number of aliphatic imine (C=N–C) groups is 1. The number of nitrogens with zero attached hydrogens (tertiary/aromatic N) is 2. The SMILES string of the molecule is CCc1ccc(NC(N)=NCc2ccc(OC)cn2)cc1. The number of ether oxygens (including phenoxy) is 1. The van der Waals surface area contributed by atoms with Crippen molar-refractivity contribution < 1.29 is 4.74 Å². The second-order valence-corrected chi connectivity index (χ2v) is 4.57. The van der Waals surface area contributed by atoms with Crippen molar-refractivity contribution in [2.45, 2.75) is 19.9 Å². The van der Waals surface area contributed by atoms with Crippen molar-refractivity contribution in [3.8, 4) is 5.75 Å². The second-order valence-electron chi connectivity index (χ2n) is 4.57. The number of nitrogens with two attached hydrogens (primary N) is 1. The number of pyridine rings is 1. The van der Waals surface area contributed by atoms with E-state index in [0.717, 1.165) is 23.6 Å². The summed E-state index contributed by atoms with van der Waals surface area (Å²) in [6, 6.07) is 11.8. The Morgan fingerprint density at radius 2 is 2.00 bits per heavy atom. The Bertz CT molecular complexity index is 591. The summed E-state index contributed by atoms with van der Waals surface area (Å²) in [5.74, 6) is 1.10. The molecule has 0 bridgehead atoms. The van der Waals surface area contributed by atoms with Crippen LogP contribution in [0.25, 0.3) is 0 Å². The van der Waals surface area contributed by atoms with E-state index in [4.69, 9.17) is 10.5 Å². The van der Waals surface area contributed by atoms with E-state index >= 15 is 0 Å². The van der Waals surface area contributed by atoms with Gasteiger partial charge in [0.15, 0.2) is 5.96 Å². The lowest BCUT2D eigenvalue weighted by Gasteiger charge is -2.06. The van der Waals surface area contributed by atoms with Gasteiger partial charge < -0.3 is 15.8 Å². The molecule has 2 rings (SSSR count). The number of rotatable bonds is 5. The lowest BCUT2D eigenvalue weighted by molar-refractivity contribution is 0.412. The molecule has 0 aliphatic heterocycles. The fourth-order valence-corrected chi connectivity index (χ4v) is 1.80. The van der Waals surface area contributed by atoms with Gasteiger partial charge >= 0.3 is 0 Å². The van der Waals surface area contributed by atoms with E-state index in [1.807, 2.05) is 24.3 Å². The van der Waals surface area contributed by atoms with Crippen LogP contribution in [0.15, 0.2) is 47.6 Å². The van der Waals surface area contributed by atoms with Crippen LogP contribution in [-0.4, -0.2) is 18.1 Å². The Morgan fingerprint density at radius 1 is 1.24 bits per heavy atom. The van der Waals surface area contributed by atoms with Crippen molar-refractivity contribution in [2.75, 3.05) is 12.4 Å². The molecule has 0 aliphatic rings. The monoisotopic (exact) mass is 284 g/mol. The predicted molar refractivity (Wildman–Crippen MR) is 85.6 cm³/mol. The van der Waals surface area contributed by atoms with E-state index in [9.17, 15) is 0 Å². The van der Waals surface area contributed by atoms with Crippen LogP contribution in [0.5, 0.6) is 5.75 Å². The molecule has 5 heteroatoms. The molecule has 0 aliphatic carbocycles. The maximum absolute atomic E-state index is 5.87. The van der Waals surface area contributed by atoms with Gasteiger partial charge in [0, 0.05) is 5.69 Å². The van der Waals surface area contributed by atoms with Crippen molar-refractivity contribution >= 4 is 11.6 Å². The number of benzene rings is 1. The molecule has 0 amide bonds. The summed E-state index contributed by atoms with van der Waals surface area (Å²) in [5, 5.41) is 3.06. The molecule has 5 nitrogen and oxygen atoms in total. The Morgan fingerprint density at radius 3 is 2.57 bits per heavy atom. The molecule has 0 saturated heterocycles. The molecule has 1 heterocycles. The molecule has 3 N–H and O–H groups in total. The van der Waals surface area contributed by atoms with Crippen molar-refractivity contribution in [2.24, 2.45) is 10.7 Å². The minimum Gasteiger partial charge on any atom is -0.495 e. The van der Waals surface area contributed by atoms with Gasteiger partial charge in [-0.25, -0.2) is 4.99 Å². The first-order chi connectivity index (χ1) is 10.2. The van der Waals surface area contributed by atoms with Gasteiger partial charge in [0.2, 0.25) is 0 Å². The first-order valence-electron chi connectivity index (χ1n) is 6.86. The van der Waals surface area contributed by atoms with E-state index in [0.29, 0.717) is 12.5 Å². The highest BCUT2D eigenvalue weighted by atomic mass is 16.5. The molecule has 0 radical (unpaired) electrons. The summed E-state index contributed by atoms with van der Waals surface area (Å²) in [5.41, 5.74) is 8.92. The van der Waals surface area contributed by atoms with Crippen LogP contribution >= 0.6 is 0 Å². The van der Waals surface area contributed by atoms with Crippen molar-refractivity contribution in [1.29, 1.82) is 0 Å². The molecular formula is C16H20N4O. The first-order valence-corrected chi connectivity index (χ1v) is 6.86. The van der Waals surface area contributed by atoms with Crippen LogP contribution in [0, 0.1) is 0 Å². The molecule has 1 aromatic carbocycles. The van der Waals surface area contributed by atoms with Crippen LogP contribution < -0.4 is 15.8 Å². The summed E-state index contributed by atoms with van der Waals surface area (Å²) < 4.78 is 5.06. The number of methoxy groups -OCH3 is 1. The lowest BCUT2D eigenvalue weighted by atomic mass is 10.1. The van der Waals surface area contributed by atoms with Gasteiger partial charge in [-0.3, -0.25) is 4.98 Å². The third kappa shape index (κ3) is 4.49. The number of nitrogens with one attached hydrogen (secondary N) is 1. The predicted octanol–water partition coefficient (Wildman–Crippen LogP) is 2.58. The molecule has 0 fully saturated rings. The number of hydrogen-bond donors (Lipinski definition) is 2. The fraction of sp³-hybridized carbons (Fsp3) is 0.250. The summed E-state index contributed by atoms with van der Waals surface area (Å²) in [4.78, 5) is 8.50. The van der Waals surface area contributed by atoms with Crippen LogP contribution in [0.4, 0.5) is 5.69 Å². The van der Waals surface area contributed by atoms with Gasteiger partial charge in [0.1, 0.15) is 5.75 Å². The van der Waals surface area contributed by atoms with Gasteiger partial charge in [-0.05, 0) is 36.2 Å².